The van der Waals surface area contributed by atoms with Crippen molar-refractivity contribution < 1.29 is 9.31 Å². The zero-order valence-corrected chi connectivity index (χ0v) is 14.0. The van der Waals surface area contributed by atoms with E-state index in [1.54, 1.807) is 0 Å². The summed E-state index contributed by atoms with van der Waals surface area (Å²) < 4.78 is 14.1. The van der Waals surface area contributed by atoms with Gasteiger partial charge in [0.15, 0.2) is 0 Å². The summed E-state index contributed by atoms with van der Waals surface area (Å²) in [7, 11) is -0.308. The SMILES string of the molecule is CCn1cc(-c2ccc(B3OC(C)(C)C(C)(C)O3)cc2)cn1. The van der Waals surface area contributed by atoms with E-state index in [0.717, 1.165) is 23.1 Å². The fourth-order valence-corrected chi connectivity index (χ4v) is 2.50. The van der Waals surface area contributed by atoms with E-state index in [-0.39, 0.29) is 18.3 Å². The van der Waals surface area contributed by atoms with Crippen LogP contribution in [0.25, 0.3) is 11.1 Å². The van der Waals surface area contributed by atoms with Gasteiger partial charge in [0.25, 0.3) is 0 Å². The first-order chi connectivity index (χ1) is 10.3. The van der Waals surface area contributed by atoms with Gasteiger partial charge in [0, 0.05) is 18.3 Å². The Labute approximate surface area is 132 Å². The van der Waals surface area contributed by atoms with E-state index < -0.39 is 0 Å². The van der Waals surface area contributed by atoms with Gasteiger partial charge in [-0.15, -0.1) is 0 Å². The normalized spacial score (nSPS) is 19.6. The molecule has 1 fully saturated rings. The number of nitrogens with zero attached hydrogens (tertiary/aromatic N) is 2. The summed E-state index contributed by atoms with van der Waals surface area (Å²) in [4.78, 5) is 0. The number of benzene rings is 1. The van der Waals surface area contributed by atoms with Gasteiger partial charge in [0.2, 0.25) is 0 Å². The third kappa shape index (κ3) is 2.59. The van der Waals surface area contributed by atoms with Crippen molar-refractivity contribution in [2.45, 2.75) is 52.4 Å². The summed E-state index contributed by atoms with van der Waals surface area (Å²) in [5.41, 5.74) is 2.71. The largest absolute Gasteiger partial charge is 0.494 e. The van der Waals surface area contributed by atoms with E-state index in [9.17, 15) is 0 Å². The molecule has 3 rings (SSSR count). The molecule has 0 aliphatic carbocycles. The van der Waals surface area contributed by atoms with E-state index in [0.29, 0.717) is 0 Å². The first-order valence-electron chi connectivity index (χ1n) is 7.81. The first kappa shape index (κ1) is 15.3. The maximum absolute atomic E-state index is 6.08. The quantitative estimate of drug-likeness (QED) is 0.818. The Kier molecular flexibility index (Phi) is 3.65. The number of aromatic nitrogens is 2. The molecule has 22 heavy (non-hydrogen) atoms. The molecule has 1 saturated heterocycles. The van der Waals surface area contributed by atoms with E-state index in [1.807, 2.05) is 10.9 Å². The maximum atomic E-state index is 6.08. The van der Waals surface area contributed by atoms with Crippen LogP contribution in [0, 0.1) is 0 Å². The molecule has 0 bridgehead atoms. The van der Waals surface area contributed by atoms with Gasteiger partial charge in [0.1, 0.15) is 0 Å². The molecule has 2 aromatic rings. The van der Waals surface area contributed by atoms with Crippen molar-refractivity contribution in [3.8, 4) is 11.1 Å². The van der Waals surface area contributed by atoms with Crippen molar-refractivity contribution in [2.75, 3.05) is 0 Å². The molecule has 1 aliphatic heterocycles. The highest BCUT2D eigenvalue weighted by molar-refractivity contribution is 6.62. The maximum Gasteiger partial charge on any atom is 0.494 e. The van der Waals surface area contributed by atoms with Crippen LogP contribution in [-0.4, -0.2) is 28.1 Å². The zero-order valence-electron chi connectivity index (χ0n) is 14.0. The standard InChI is InChI=1S/C17H23BN2O2/c1-6-20-12-14(11-19-20)13-7-9-15(10-8-13)18-21-16(2,3)17(4,5)22-18/h7-12H,6H2,1-5H3. The lowest BCUT2D eigenvalue weighted by Crippen LogP contribution is -2.41. The molecule has 116 valence electrons. The second kappa shape index (κ2) is 5.25. The Morgan fingerprint density at radius 1 is 1.00 bits per heavy atom. The van der Waals surface area contributed by atoms with Crippen molar-refractivity contribution in [3.05, 3.63) is 36.7 Å². The van der Waals surface area contributed by atoms with Crippen molar-refractivity contribution in [3.63, 3.8) is 0 Å². The molecule has 0 radical (unpaired) electrons. The van der Waals surface area contributed by atoms with E-state index >= 15 is 0 Å². The molecular weight excluding hydrogens is 275 g/mol. The lowest BCUT2D eigenvalue weighted by Gasteiger charge is -2.32. The third-order valence-corrected chi connectivity index (χ3v) is 4.73. The van der Waals surface area contributed by atoms with Crippen molar-refractivity contribution in [1.29, 1.82) is 0 Å². The van der Waals surface area contributed by atoms with Gasteiger partial charge >= 0.3 is 7.12 Å². The molecule has 1 aliphatic rings. The highest BCUT2D eigenvalue weighted by Gasteiger charge is 2.51. The second-order valence-corrected chi connectivity index (χ2v) is 6.79. The van der Waals surface area contributed by atoms with Crippen molar-refractivity contribution in [1.82, 2.24) is 9.78 Å². The van der Waals surface area contributed by atoms with Crippen LogP contribution in [0.3, 0.4) is 0 Å². The Bertz CT molecular complexity index is 646. The third-order valence-electron chi connectivity index (χ3n) is 4.73. The van der Waals surface area contributed by atoms with E-state index in [2.05, 4.69) is 70.2 Å². The Morgan fingerprint density at radius 2 is 1.59 bits per heavy atom. The van der Waals surface area contributed by atoms with Gasteiger partial charge in [0.05, 0.1) is 17.4 Å². The van der Waals surface area contributed by atoms with Crippen LogP contribution in [0.4, 0.5) is 0 Å². The first-order valence-corrected chi connectivity index (χ1v) is 7.81. The molecule has 0 amide bonds. The Morgan fingerprint density at radius 3 is 2.09 bits per heavy atom. The average molecular weight is 298 g/mol. The number of hydrogen-bond donors (Lipinski definition) is 0. The molecule has 0 N–H and O–H groups in total. The zero-order chi connectivity index (χ0) is 16.0. The van der Waals surface area contributed by atoms with Gasteiger partial charge in [-0.3, -0.25) is 4.68 Å². The summed E-state index contributed by atoms with van der Waals surface area (Å²) in [5.74, 6) is 0. The van der Waals surface area contributed by atoms with Crippen LogP contribution < -0.4 is 5.46 Å². The molecular formula is C17H23BN2O2. The molecule has 2 heterocycles. The van der Waals surface area contributed by atoms with Crippen LogP contribution in [-0.2, 0) is 15.9 Å². The fraction of sp³-hybridized carbons (Fsp3) is 0.471. The minimum Gasteiger partial charge on any atom is -0.399 e. The molecule has 1 aromatic heterocycles. The van der Waals surface area contributed by atoms with Crippen LogP contribution in [0.2, 0.25) is 0 Å². The minimum absolute atomic E-state index is 0.307. The van der Waals surface area contributed by atoms with Crippen LogP contribution in [0.15, 0.2) is 36.7 Å². The average Bonchev–Trinajstić information content (AvgIpc) is 3.02. The smallest absolute Gasteiger partial charge is 0.399 e. The number of aryl methyl sites for hydroxylation is 1. The predicted octanol–water partition coefficient (Wildman–Crippen LogP) is 2.87. The molecule has 4 nitrogen and oxygen atoms in total. The molecule has 0 atom stereocenters. The minimum atomic E-state index is -0.308. The molecule has 0 spiro atoms. The van der Waals surface area contributed by atoms with Crippen LogP contribution in [0.1, 0.15) is 34.6 Å². The van der Waals surface area contributed by atoms with Crippen molar-refractivity contribution >= 4 is 12.6 Å². The van der Waals surface area contributed by atoms with Gasteiger partial charge in [-0.25, -0.2) is 0 Å². The molecule has 0 unspecified atom stereocenters. The molecule has 1 aromatic carbocycles. The summed E-state index contributed by atoms with van der Waals surface area (Å²) in [6.45, 7) is 11.2. The van der Waals surface area contributed by atoms with Gasteiger partial charge < -0.3 is 9.31 Å². The van der Waals surface area contributed by atoms with E-state index in [1.165, 1.54) is 0 Å². The summed E-state index contributed by atoms with van der Waals surface area (Å²) in [6, 6.07) is 8.33. The number of hydrogen-bond acceptors (Lipinski definition) is 3. The lowest BCUT2D eigenvalue weighted by atomic mass is 9.78. The van der Waals surface area contributed by atoms with Gasteiger partial charge in [-0.2, -0.15) is 5.10 Å². The molecule has 0 saturated carbocycles. The monoisotopic (exact) mass is 298 g/mol. The van der Waals surface area contributed by atoms with Gasteiger partial charge in [-0.1, -0.05) is 24.3 Å². The van der Waals surface area contributed by atoms with Crippen molar-refractivity contribution in [2.24, 2.45) is 0 Å². The Balaban J connectivity index is 1.81. The topological polar surface area (TPSA) is 36.3 Å². The lowest BCUT2D eigenvalue weighted by molar-refractivity contribution is 0.00578. The van der Waals surface area contributed by atoms with Crippen LogP contribution in [0.5, 0.6) is 0 Å². The highest BCUT2D eigenvalue weighted by Crippen LogP contribution is 2.36. The second-order valence-electron chi connectivity index (χ2n) is 6.79. The summed E-state index contributed by atoms with van der Waals surface area (Å²) in [6.07, 6.45) is 3.96. The van der Waals surface area contributed by atoms with E-state index in [4.69, 9.17) is 9.31 Å². The van der Waals surface area contributed by atoms with Crippen LogP contribution >= 0.6 is 0 Å². The van der Waals surface area contributed by atoms with Gasteiger partial charge in [-0.05, 0) is 45.6 Å². The summed E-state index contributed by atoms with van der Waals surface area (Å²) in [5, 5.41) is 4.32. The Hall–Kier alpha value is -1.59. The highest BCUT2D eigenvalue weighted by atomic mass is 16.7. The predicted molar refractivity (Wildman–Crippen MR) is 89.1 cm³/mol. The molecule has 5 heteroatoms. The fourth-order valence-electron chi connectivity index (χ4n) is 2.50. The summed E-state index contributed by atoms with van der Waals surface area (Å²) >= 11 is 0. The number of rotatable bonds is 3.